The van der Waals surface area contributed by atoms with Gasteiger partial charge in [0.15, 0.2) is 0 Å². The number of para-hydroxylation sites is 2. The summed E-state index contributed by atoms with van der Waals surface area (Å²) >= 11 is 0. The topological polar surface area (TPSA) is 220 Å². The fraction of sp³-hybridized carbons (Fsp3) is 0.477. The molecule has 16 heteroatoms. The monoisotopic (exact) mass is 823 g/mol. The van der Waals surface area contributed by atoms with Crippen molar-refractivity contribution in [1.82, 2.24) is 46.2 Å². The van der Waals surface area contributed by atoms with Crippen LogP contribution in [0.4, 0.5) is 0 Å². The van der Waals surface area contributed by atoms with Crippen LogP contribution in [0, 0.1) is 19.8 Å². The van der Waals surface area contributed by atoms with Gasteiger partial charge in [-0.05, 0) is 76.1 Å². The molecular weight excluding hydrogens is 767 g/mol. The highest BCUT2D eigenvalue weighted by molar-refractivity contribution is 5.97. The molecule has 0 saturated carbocycles. The van der Waals surface area contributed by atoms with Gasteiger partial charge in [0.05, 0.1) is 23.9 Å². The van der Waals surface area contributed by atoms with Crippen molar-refractivity contribution in [2.24, 2.45) is 5.92 Å². The summed E-state index contributed by atoms with van der Waals surface area (Å²) in [7, 11) is 0. The van der Waals surface area contributed by atoms with Crippen LogP contribution < -0.4 is 26.6 Å². The van der Waals surface area contributed by atoms with Crippen LogP contribution >= 0.6 is 0 Å². The highest BCUT2D eigenvalue weighted by atomic mass is 16.3. The standard InChI is InChI=1S/C44H57N9O7/c1-25(2)19-37-44(60)52-24-31(54)21-38(52)43(59)45-18-12-11-17-35(48-39(55)22-33-26(3)51-53(28(33)5)30-13-7-6-8-14-30)41(57)47-27(4)40(56)49-36(42(58)50-37)20-29-23-46-34-16-10-9-15-32(29)34/h6-10,13-16,23,25,27,31,35-38,46,54H,11-12,17-22,24H2,1-5H3,(H,45,59)(H,47,57)(H,48,55)(H,49,56)(H,50,58)/t27-,31-,35+,36+,37-,38+/m1/s1. The third-order valence-electron chi connectivity index (χ3n) is 11.3. The van der Waals surface area contributed by atoms with Crippen molar-refractivity contribution in [3.05, 3.63) is 83.3 Å². The van der Waals surface area contributed by atoms with E-state index in [-0.39, 0.29) is 51.1 Å². The molecule has 4 aromatic rings. The number of aliphatic hydroxyl groups is 1. The van der Waals surface area contributed by atoms with Crippen molar-refractivity contribution >= 4 is 46.3 Å². The maximum absolute atomic E-state index is 14.3. The van der Waals surface area contributed by atoms with E-state index in [0.29, 0.717) is 18.5 Å². The van der Waals surface area contributed by atoms with E-state index in [2.05, 4.69) is 36.7 Å². The lowest BCUT2D eigenvalue weighted by atomic mass is 10.00. The van der Waals surface area contributed by atoms with E-state index in [1.165, 1.54) is 11.8 Å². The largest absolute Gasteiger partial charge is 0.391 e. The molecule has 2 fully saturated rings. The van der Waals surface area contributed by atoms with Gasteiger partial charge < -0.3 is 41.6 Å². The smallest absolute Gasteiger partial charge is 0.245 e. The molecule has 2 aliphatic heterocycles. The summed E-state index contributed by atoms with van der Waals surface area (Å²) in [5, 5.41) is 30.3. The molecule has 0 bridgehead atoms. The number of aromatic amines is 1. The molecule has 0 aliphatic carbocycles. The number of benzene rings is 2. The summed E-state index contributed by atoms with van der Waals surface area (Å²) in [6.45, 7) is 9.16. The normalized spacial score (nSPS) is 23.9. The number of nitrogens with zero attached hydrogens (tertiary/aromatic N) is 3. The predicted octanol–water partition coefficient (Wildman–Crippen LogP) is 2.02. The van der Waals surface area contributed by atoms with Gasteiger partial charge in [-0.2, -0.15) is 5.10 Å². The summed E-state index contributed by atoms with van der Waals surface area (Å²) in [6, 6.07) is 11.8. The van der Waals surface area contributed by atoms with Crippen LogP contribution in [0.1, 0.15) is 75.4 Å². The summed E-state index contributed by atoms with van der Waals surface area (Å²) in [6.07, 6.45) is 2.17. The maximum Gasteiger partial charge on any atom is 0.245 e. The second kappa shape index (κ2) is 19.4. The molecule has 0 radical (unpaired) electrons. The van der Waals surface area contributed by atoms with Crippen LogP contribution in [0.15, 0.2) is 60.8 Å². The van der Waals surface area contributed by atoms with Gasteiger partial charge in [0.1, 0.15) is 30.2 Å². The Balaban J connectivity index is 1.26. The zero-order valence-corrected chi connectivity index (χ0v) is 34.9. The van der Waals surface area contributed by atoms with E-state index < -0.39 is 71.8 Å². The summed E-state index contributed by atoms with van der Waals surface area (Å²) in [5.41, 5.74) is 4.62. The number of rotatable bonds is 8. The quantitative estimate of drug-likeness (QED) is 0.139. The lowest BCUT2D eigenvalue weighted by Gasteiger charge is -2.30. The van der Waals surface area contributed by atoms with Crippen molar-refractivity contribution in [1.29, 1.82) is 0 Å². The van der Waals surface area contributed by atoms with E-state index in [9.17, 15) is 33.9 Å². The van der Waals surface area contributed by atoms with Crippen LogP contribution in [0.2, 0.25) is 0 Å². The summed E-state index contributed by atoms with van der Waals surface area (Å²) < 4.78 is 1.77. The molecule has 2 aliphatic rings. The second-order valence-corrected chi connectivity index (χ2v) is 16.4. The van der Waals surface area contributed by atoms with E-state index >= 15 is 0 Å². The number of aromatic nitrogens is 3. The van der Waals surface area contributed by atoms with Crippen molar-refractivity contribution in [2.75, 3.05) is 13.1 Å². The number of amides is 6. The number of fused-ring (bicyclic) bond motifs is 2. The first kappa shape index (κ1) is 43.5. The first-order valence-electron chi connectivity index (χ1n) is 20.8. The first-order valence-corrected chi connectivity index (χ1v) is 20.8. The SMILES string of the molecule is Cc1nn(-c2ccccc2)c(C)c1CC(=O)N[C@H]1CCCCNC(=O)[C@@H]2C[C@@H](O)CN2C(=O)[C@@H](CC(C)C)NC(=O)[C@H](Cc2c[nH]c3ccccc23)NC(=O)[C@@H](C)NC1=O. The molecule has 7 N–H and O–H groups in total. The Morgan fingerprint density at radius 3 is 2.37 bits per heavy atom. The molecule has 6 amide bonds. The van der Waals surface area contributed by atoms with Gasteiger partial charge >= 0.3 is 0 Å². The zero-order valence-electron chi connectivity index (χ0n) is 34.9. The van der Waals surface area contributed by atoms with Crippen LogP contribution in [-0.2, 0) is 41.6 Å². The third kappa shape index (κ3) is 10.4. The van der Waals surface area contributed by atoms with Crippen molar-refractivity contribution in [2.45, 2.75) is 116 Å². The van der Waals surface area contributed by atoms with Crippen LogP contribution in [-0.4, -0.2) is 110 Å². The molecule has 16 nitrogen and oxygen atoms in total. The van der Waals surface area contributed by atoms with Gasteiger partial charge in [-0.25, -0.2) is 4.68 Å². The highest BCUT2D eigenvalue weighted by Crippen LogP contribution is 2.23. The molecule has 60 heavy (non-hydrogen) atoms. The van der Waals surface area contributed by atoms with E-state index in [0.717, 1.165) is 33.4 Å². The van der Waals surface area contributed by atoms with E-state index in [1.807, 2.05) is 82.3 Å². The summed E-state index contributed by atoms with van der Waals surface area (Å²) in [4.78, 5) is 87.9. The second-order valence-electron chi connectivity index (χ2n) is 16.4. The fourth-order valence-electron chi connectivity index (χ4n) is 8.11. The molecular formula is C44H57N9O7. The van der Waals surface area contributed by atoms with Crippen LogP contribution in [0.5, 0.6) is 0 Å². The van der Waals surface area contributed by atoms with Crippen LogP contribution in [0.25, 0.3) is 16.6 Å². The predicted molar refractivity (Wildman–Crippen MR) is 225 cm³/mol. The number of hydrogen-bond donors (Lipinski definition) is 7. The maximum atomic E-state index is 14.3. The number of carbonyl (C=O) groups excluding carboxylic acids is 6. The Labute approximate surface area is 349 Å². The molecule has 0 spiro atoms. The minimum Gasteiger partial charge on any atom is -0.391 e. The molecule has 320 valence electrons. The summed E-state index contributed by atoms with van der Waals surface area (Å²) in [5.74, 6) is -3.24. The molecule has 2 aromatic carbocycles. The van der Waals surface area contributed by atoms with Crippen LogP contribution in [0.3, 0.4) is 0 Å². The van der Waals surface area contributed by atoms with Gasteiger partial charge in [0.25, 0.3) is 0 Å². The van der Waals surface area contributed by atoms with E-state index in [1.54, 1.807) is 10.9 Å². The van der Waals surface area contributed by atoms with Crippen molar-refractivity contribution < 1.29 is 33.9 Å². The average Bonchev–Trinajstić information content (AvgIpc) is 3.90. The fourth-order valence-corrected chi connectivity index (χ4v) is 8.11. The number of H-pyrrole nitrogens is 1. The first-order chi connectivity index (χ1) is 28.7. The van der Waals surface area contributed by atoms with Gasteiger partial charge in [-0.3, -0.25) is 28.8 Å². The van der Waals surface area contributed by atoms with Gasteiger partial charge in [-0.1, -0.05) is 50.2 Å². The lowest BCUT2D eigenvalue weighted by molar-refractivity contribution is -0.142. The average molecular weight is 824 g/mol. The van der Waals surface area contributed by atoms with Gasteiger partial charge in [0.2, 0.25) is 35.4 Å². The van der Waals surface area contributed by atoms with Gasteiger partial charge in [0, 0.05) is 54.3 Å². The minimum absolute atomic E-state index is 0.0361. The van der Waals surface area contributed by atoms with E-state index in [4.69, 9.17) is 0 Å². The Morgan fingerprint density at radius 2 is 1.62 bits per heavy atom. The molecule has 6 rings (SSSR count). The zero-order chi connectivity index (χ0) is 43.1. The number of carbonyl (C=O) groups is 6. The molecule has 6 atom stereocenters. The molecule has 0 unspecified atom stereocenters. The Morgan fingerprint density at radius 1 is 0.900 bits per heavy atom. The Kier molecular flexibility index (Phi) is 14.0. The number of nitrogens with one attached hydrogen (secondary N) is 6. The minimum atomic E-state index is -1.18. The van der Waals surface area contributed by atoms with Gasteiger partial charge in [-0.15, -0.1) is 0 Å². The number of aliphatic hydroxyl groups excluding tert-OH is 1. The highest BCUT2D eigenvalue weighted by Gasteiger charge is 2.42. The number of hydrogen-bond acceptors (Lipinski definition) is 8. The van der Waals surface area contributed by atoms with Crippen molar-refractivity contribution in [3.8, 4) is 5.69 Å². The Bertz CT molecular complexity index is 2200. The Hall–Kier alpha value is -6.03. The molecule has 4 heterocycles. The molecule has 2 aromatic heterocycles. The number of aryl methyl sites for hydroxylation is 1. The molecule has 2 saturated heterocycles. The third-order valence-corrected chi connectivity index (χ3v) is 11.3. The van der Waals surface area contributed by atoms with Crippen molar-refractivity contribution in [3.63, 3.8) is 0 Å². The lowest BCUT2D eigenvalue weighted by Crippen LogP contribution is -2.59.